The minimum Gasteiger partial charge on any atom is -0.493 e. The Balaban J connectivity index is 1.66. The molecule has 0 bridgehead atoms. The molecule has 2 aromatic carbocycles. The zero-order valence-corrected chi connectivity index (χ0v) is 17.3. The summed E-state index contributed by atoms with van der Waals surface area (Å²) in [5.74, 6) is 3.21. The summed E-state index contributed by atoms with van der Waals surface area (Å²) in [5.41, 5.74) is 3.57. The highest BCUT2D eigenvalue weighted by atomic mass is 16.5. The lowest BCUT2D eigenvalue weighted by Crippen LogP contribution is -2.29. The maximum absolute atomic E-state index is 6.06. The molecule has 0 fully saturated rings. The summed E-state index contributed by atoms with van der Waals surface area (Å²) in [6.45, 7) is 3.82. The number of hydrogen-bond acceptors (Lipinski definition) is 5. The minimum atomic E-state index is 0.166. The molecule has 0 saturated heterocycles. The van der Waals surface area contributed by atoms with Gasteiger partial charge in [0.25, 0.3) is 0 Å². The Morgan fingerprint density at radius 1 is 1.00 bits per heavy atom. The van der Waals surface area contributed by atoms with Crippen LogP contribution in [0.1, 0.15) is 36.4 Å². The highest BCUT2D eigenvalue weighted by Crippen LogP contribution is 2.52. The van der Waals surface area contributed by atoms with Crippen molar-refractivity contribution in [2.45, 2.75) is 25.3 Å². The van der Waals surface area contributed by atoms with Gasteiger partial charge in [-0.25, -0.2) is 0 Å². The molecule has 0 aromatic heterocycles. The van der Waals surface area contributed by atoms with E-state index in [0.29, 0.717) is 31.7 Å². The molecule has 154 valence electrons. The fourth-order valence-corrected chi connectivity index (χ4v) is 4.44. The number of rotatable bonds is 8. The molecule has 1 N–H and O–H groups in total. The van der Waals surface area contributed by atoms with E-state index in [2.05, 4.69) is 41.7 Å². The number of allylic oxidation sites excluding steroid dienone is 2. The van der Waals surface area contributed by atoms with E-state index in [1.807, 2.05) is 19.1 Å². The molecule has 1 aliphatic carbocycles. The van der Waals surface area contributed by atoms with E-state index in [4.69, 9.17) is 18.9 Å². The predicted octanol–water partition coefficient (Wildman–Crippen LogP) is 4.95. The van der Waals surface area contributed by atoms with Gasteiger partial charge in [-0.2, -0.15) is 0 Å². The van der Waals surface area contributed by atoms with Crippen LogP contribution >= 0.6 is 0 Å². The van der Waals surface area contributed by atoms with Gasteiger partial charge in [-0.05, 0) is 48.6 Å². The number of para-hydroxylation sites is 1. The first-order valence-corrected chi connectivity index (χ1v) is 10.2. The summed E-state index contributed by atoms with van der Waals surface area (Å²) >= 11 is 0. The van der Waals surface area contributed by atoms with Crippen LogP contribution in [-0.4, -0.2) is 34.0 Å². The first-order valence-electron chi connectivity index (χ1n) is 10.2. The van der Waals surface area contributed by atoms with Gasteiger partial charge in [0.2, 0.25) is 0 Å². The second-order valence-electron chi connectivity index (χ2n) is 7.36. The lowest BCUT2D eigenvalue weighted by molar-refractivity contribution is 0.110. The minimum absolute atomic E-state index is 0.166. The lowest BCUT2D eigenvalue weighted by Gasteiger charge is -2.38. The van der Waals surface area contributed by atoms with Crippen molar-refractivity contribution >= 4 is 5.69 Å². The number of ether oxygens (including phenoxy) is 4. The largest absolute Gasteiger partial charge is 0.493 e. The molecule has 0 saturated carbocycles. The molecule has 2 aliphatic rings. The molecule has 1 heterocycles. The average molecular weight is 395 g/mol. The Kier molecular flexibility index (Phi) is 5.95. The molecule has 5 heteroatoms. The second kappa shape index (κ2) is 8.78. The van der Waals surface area contributed by atoms with Gasteiger partial charge in [0.15, 0.2) is 11.5 Å². The van der Waals surface area contributed by atoms with E-state index in [0.717, 1.165) is 29.4 Å². The maximum Gasteiger partial charge on any atom is 0.161 e. The van der Waals surface area contributed by atoms with Crippen molar-refractivity contribution in [3.05, 3.63) is 59.7 Å². The zero-order valence-electron chi connectivity index (χ0n) is 17.3. The van der Waals surface area contributed by atoms with Crippen LogP contribution in [0.2, 0.25) is 0 Å². The Morgan fingerprint density at radius 2 is 1.86 bits per heavy atom. The summed E-state index contributed by atoms with van der Waals surface area (Å²) < 4.78 is 22.4. The molecule has 3 unspecified atom stereocenters. The van der Waals surface area contributed by atoms with Crippen LogP contribution in [-0.2, 0) is 4.74 Å². The number of anilines is 1. The molecular formula is C24H29NO4. The Labute approximate surface area is 172 Å². The van der Waals surface area contributed by atoms with E-state index in [9.17, 15) is 0 Å². The van der Waals surface area contributed by atoms with Gasteiger partial charge >= 0.3 is 0 Å². The van der Waals surface area contributed by atoms with Crippen LogP contribution < -0.4 is 19.5 Å². The summed E-state index contributed by atoms with van der Waals surface area (Å²) in [6.07, 6.45) is 5.68. The van der Waals surface area contributed by atoms with Gasteiger partial charge in [-0.1, -0.05) is 30.4 Å². The lowest BCUT2D eigenvalue weighted by atomic mass is 9.77. The van der Waals surface area contributed by atoms with Crippen molar-refractivity contribution in [1.29, 1.82) is 0 Å². The van der Waals surface area contributed by atoms with Crippen LogP contribution in [0.5, 0.6) is 17.2 Å². The maximum atomic E-state index is 6.06. The molecule has 3 atom stereocenters. The third kappa shape index (κ3) is 3.79. The summed E-state index contributed by atoms with van der Waals surface area (Å²) in [4.78, 5) is 0. The van der Waals surface area contributed by atoms with Crippen molar-refractivity contribution in [3.8, 4) is 17.2 Å². The summed E-state index contributed by atoms with van der Waals surface area (Å²) in [7, 11) is 3.34. The van der Waals surface area contributed by atoms with E-state index in [1.165, 1.54) is 11.1 Å². The molecule has 29 heavy (non-hydrogen) atoms. The quantitative estimate of drug-likeness (QED) is 0.506. The van der Waals surface area contributed by atoms with Crippen LogP contribution in [0.3, 0.4) is 0 Å². The predicted molar refractivity (Wildman–Crippen MR) is 114 cm³/mol. The number of hydrogen-bond donors (Lipinski definition) is 1. The van der Waals surface area contributed by atoms with E-state index in [1.54, 1.807) is 14.2 Å². The normalized spacial score (nSPS) is 21.8. The summed E-state index contributed by atoms with van der Waals surface area (Å²) in [5, 5.41) is 3.78. The number of nitrogens with one attached hydrogen (secondary N) is 1. The van der Waals surface area contributed by atoms with E-state index in [-0.39, 0.29) is 6.04 Å². The topological polar surface area (TPSA) is 49.0 Å². The molecule has 5 nitrogen and oxygen atoms in total. The van der Waals surface area contributed by atoms with E-state index < -0.39 is 0 Å². The van der Waals surface area contributed by atoms with Crippen LogP contribution in [0.25, 0.3) is 0 Å². The first kappa shape index (κ1) is 19.6. The number of methoxy groups -OCH3 is 2. The van der Waals surface area contributed by atoms with Crippen molar-refractivity contribution in [1.82, 2.24) is 0 Å². The van der Waals surface area contributed by atoms with Crippen molar-refractivity contribution in [2.75, 3.05) is 39.4 Å². The Morgan fingerprint density at radius 3 is 2.66 bits per heavy atom. The third-order valence-electron chi connectivity index (χ3n) is 5.81. The Hall–Kier alpha value is -2.66. The highest BCUT2D eigenvalue weighted by Gasteiger charge is 2.39. The molecule has 4 rings (SSSR count). The average Bonchev–Trinajstić information content (AvgIpc) is 3.26. The molecule has 1 aliphatic heterocycles. The molecule has 2 aromatic rings. The number of benzene rings is 2. The molecule has 0 radical (unpaired) electrons. The van der Waals surface area contributed by atoms with E-state index >= 15 is 0 Å². The first-order chi connectivity index (χ1) is 14.3. The fourth-order valence-electron chi connectivity index (χ4n) is 4.44. The van der Waals surface area contributed by atoms with Crippen molar-refractivity contribution < 1.29 is 18.9 Å². The van der Waals surface area contributed by atoms with Gasteiger partial charge in [0.1, 0.15) is 12.4 Å². The Bertz CT molecular complexity index is 879. The smallest absolute Gasteiger partial charge is 0.161 e. The number of fused-ring (bicyclic) bond motifs is 3. The summed E-state index contributed by atoms with van der Waals surface area (Å²) in [6, 6.07) is 12.7. The van der Waals surface area contributed by atoms with Crippen LogP contribution in [0, 0.1) is 5.92 Å². The molecular weight excluding hydrogens is 366 g/mol. The van der Waals surface area contributed by atoms with Gasteiger partial charge in [0.05, 0.1) is 32.6 Å². The fraction of sp³-hybridized carbons (Fsp3) is 0.417. The van der Waals surface area contributed by atoms with Crippen LogP contribution in [0.15, 0.2) is 48.6 Å². The van der Waals surface area contributed by atoms with Gasteiger partial charge < -0.3 is 24.3 Å². The van der Waals surface area contributed by atoms with Crippen LogP contribution in [0.4, 0.5) is 5.69 Å². The highest BCUT2D eigenvalue weighted by molar-refractivity contribution is 5.68. The second-order valence-corrected chi connectivity index (χ2v) is 7.36. The molecule has 0 amide bonds. The van der Waals surface area contributed by atoms with Gasteiger partial charge in [0, 0.05) is 12.5 Å². The van der Waals surface area contributed by atoms with Crippen molar-refractivity contribution in [3.63, 3.8) is 0 Å². The molecule has 0 spiro atoms. The van der Waals surface area contributed by atoms with Gasteiger partial charge in [-0.3, -0.25) is 0 Å². The van der Waals surface area contributed by atoms with Crippen molar-refractivity contribution in [2.24, 2.45) is 5.92 Å². The van der Waals surface area contributed by atoms with Gasteiger partial charge in [-0.15, -0.1) is 0 Å². The monoisotopic (exact) mass is 395 g/mol. The third-order valence-corrected chi connectivity index (χ3v) is 5.81. The SMILES string of the molecule is CCOCCOc1cccc2c1NC(c1ccc(OC)c(OC)c1)C1CC=CC21. The zero-order chi connectivity index (χ0) is 20.2. The standard InChI is InChI=1S/C24H29NO4/c1-4-28-13-14-29-21-10-6-9-19-17-7-5-8-18(17)23(25-24(19)21)16-11-12-20(26-2)22(15-16)27-3/h5-7,9-12,15,17-18,23,25H,4,8,13-14H2,1-3H3.